The minimum Gasteiger partial charge on any atom is -0.497 e. The second kappa shape index (κ2) is 26.9. The number of benzene rings is 10. The lowest BCUT2D eigenvalue weighted by Gasteiger charge is -2.50. The van der Waals surface area contributed by atoms with Crippen LogP contribution >= 0.6 is 30.4 Å². The van der Waals surface area contributed by atoms with E-state index >= 15 is 14.4 Å². The Morgan fingerprint density at radius 2 is 0.989 bits per heavy atom. The standard InChI is InChI=1S/C77H62N5O6PS2/c1-86-63-49-47-55(48-50-63)51-87-74(85)70-56(52-89(64-41-23-8-24-42-64,65-43-25-9-26-44-65)66-45-27-10-28-46-66)53-90-73-69(72(84)82(70)73)79-71(83)68(81-88-77(60-35-17-5-18-36-60,61-37-19-6-20-38-61)62-39-21-7-22-40-62)67-54-91-75(78-67)80-76(57-29-11-2-12-30-57,58-31-13-3-14-32-58)59-33-15-4-16-34-59/h2-50,54,69,73H,51-53H2,1H3,(H-,78,79,80,83)/p+1/b81-68-/t69-,73-/m1/s1. The molecule has 91 heavy (non-hydrogen) atoms. The zero-order valence-corrected chi connectivity index (χ0v) is 52.2. The number of anilines is 1. The molecule has 0 aliphatic carbocycles. The monoisotopic (exact) mass is 1250 g/mol. The van der Waals surface area contributed by atoms with Gasteiger partial charge in [0.05, 0.1) is 13.3 Å². The number of rotatable bonds is 22. The van der Waals surface area contributed by atoms with Crippen molar-refractivity contribution in [2.45, 2.75) is 29.2 Å². The summed E-state index contributed by atoms with van der Waals surface area (Å²) in [6, 6.07) is 97.5. The molecule has 11 aromatic rings. The maximum atomic E-state index is 15.8. The van der Waals surface area contributed by atoms with E-state index in [1.165, 1.54) is 28.0 Å². The molecular weight excluding hydrogens is 1190 g/mol. The fraction of sp³-hybridized carbons (Fsp3) is 0.104. The second-order valence-electron chi connectivity index (χ2n) is 22.0. The van der Waals surface area contributed by atoms with Gasteiger partial charge in [-0.1, -0.05) is 254 Å². The van der Waals surface area contributed by atoms with Crippen molar-refractivity contribution in [3.05, 3.63) is 359 Å². The Morgan fingerprint density at radius 1 is 0.571 bits per heavy atom. The van der Waals surface area contributed by atoms with Crippen LogP contribution in [0.5, 0.6) is 5.75 Å². The number of esters is 1. The third-order valence-corrected chi connectivity index (χ3v) is 23.3. The first-order chi connectivity index (χ1) is 44.8. The molecule has 3 heterocycles. The zero-order valence-electron chi connectivity index (χ0n) is 49.7. The van der Waals surface area contributed by atoms with Crippen molar-refractivity contribution in [1.82, 2.24) is 15.2 Å². The summed E-state index contributed by atoms with van der Waals surface area (Å²) in [5.41, 5.74) is 4.51. The maximum absolute atomic E-state index is 15.8. The number of carbonyl (C=O) groups is 3. The Hall–Kier alpha value is -10.2. The number of nitrogens with one attached hydrogen (secondary N) is 2. The molecule has 1 aromatic heterocycles. The number of hydrogen-bond donors (Lipinski definition) is 2. The van der Waals surface area contributed by atoms with Crippen LogP contribution in [0.25, 0.3) is 0 Å². The van der Waals surface area contributed by atoms with Crippen molar-refractivity contribution >= 4 is 74.9 Å². The molecule has 2 aliphatic heterocycles. The highest BCUT2D eigenvalue weighted by Gasteiger charge is 2.57. The van der Waals surface area contributed by atoms with Crippen molar-refractivity contribution in [2.24, 2.45) is 5.16 Å². The van der Waals surface area contributed by atoms with E-state index in [0.717, 1.165) is 60.4 Å². The number of nitrogens with zero attached hydrogens (tertiary/aromatic N) is 3. The predicted molar refractivity (Wildman–Crippen MR) is 367 cm³/mol. The molecule has 1 saturated heterocycles. The van der Waals surface area contributed by atoms with Crippen LogP contribution in [0.2, 0.25) is 0 Å². The number of hydrogen-bond acceptors (Lipinski definition) is 11. The normalized spacial score (nSPS) is 15.0. The van der Waals surface area contributed by atoms with Crippen LogP contribution in [0.1, 0.15) is 44.6 Å². The molecule has 448 valence electrons. The van der Waals surface area contributed by atoms with Crippen LogP contribution in [0.15, 0.2) is 319 Å². The number of fused-ring (bicyclic) bond motifs is 1. The number of methoxy groups -OCH3 is 1. The summed E-state index contributed by atoms with van der Waals surface area (Å²) in [5, 5.41) is 16.9. The molecule has 2 N–H and O–H groups in total. The summed E-state index contributed by atoms with van der Waals surface area (Å²) < 4.78 is 11.7. The lowest BCUT2D eigenvalue weighted by molar-refractivity contribution is -0.153. The van der Waals surface area contributed by atoms with Crippen LogP contribution < -0.4 is 31.3 Å². The average molecular weight is 1250 g/mol. The molecule has 2 amide bonds. The number of β-lactam (4-membered cyclic amide) rings is 1. The van der Waals surface area contributed by atoms with E-state index in [-0.39, 0.29) is 23.7 Å². The zero-order chi connectivity index (χ0) is 62.0. The third-order valence-electron chi connectivity index (χ3n) is 16.8. The lowest BCUT2D eigenvalue weighted by Crippen LogP contribution is -2.71. The minimum absolute atomic E-state index is 0.0557. The maximum Gasteiger partial charge on any atom is 0.355 e. The van der Waals surface area contributed by atoms with Crippen LogP contribution in [-0.4, -0.2) is 63.8 Å². The van der Waals surface area contributed by atoms with E-state index in [2.05, 4.69) is 120 Å². The lowest BCUT2D eigenvalue weighted by atomic mass is 9.77. The highest BCUT2D eigenvalue weighted by molar-refractivity contribution is 8.00. The number of thiazole rings is 1. The Labute approximate surface area is 538 Å². The minimum atomic E-state index is -2.61. The van der Waals surface area contributed by atoms with Gasteiger partial charge in [-0.05, 0) is 70.8 Å². The first-order valence-corrected chi connectivity index (χ1v) is 33.9. The molecule has 2 atom stereocenters. The fourth-order valence-corrected chi connectivity index (χ4v) is 18.9. The third kappa shape index (κ3) is 11.8. The van der Waals surface area contributed by atoms with Crippen LogP contribution in [-0.2, 0) is 41.7 Å². The SMILES string of the molecule is COc1ccc(COC(=O)C2=C(C[P+](c3ccccc3)(c3ccccc3)c3ccccc3)CS[C@@H]3[C@H](NC(=O)/C(=N\OC(c4ccccc4)(c4ccccc4)c4ccccc4)c4csc(NC(c5ccccc5)(c5ccccc5)c5ccccc5)n4)C(=O)N23)cc1. The first kappa shape index (κ1) is 59.8. The Bertz CT molecular complexity index is 4060. The van der Waals surface area contributed by atoms with E-state index in [1.807, 2.05) is 188 Å². The number of amides is 2. The van der Waals surface area contributed by atoms with Crippen molar-refractivity contribution in [1.29, 1.82) is 0 Å². The van der Waals surface area contributed by atoms with Crippen LogP contribution in [0, 0.1) is 0 Å². The van der Waals surface area contributed by atoms with Gasteiger partial charge in [-0.15, -0.1) is 23.1 Å². The second-order valence-corrected chi connectivity index (χ2v) is 27.5. The number of ether oxygens (including phenoxy) is 2. The molecule has 0 spiro atoms. The van der Waals surface area contributed by atoms with Gasteiger partial charge in [-0.25, -0.2) is 9.78 Å². The van der Waals surface area contributed by atoms with Gasteiger partial charge >= 0.3 is 5.97 Å². The van der Waals surface area contributed by atoms with E-state index < -0.39 is 47.6 Å². The van der Waals surface area contributed by atoms with E-state index in [9.17, 15) is 0 Å². The van der Waals surface area contributed by atoms with E-state index in [1.54, 1.807) is 12.5 Å². The molecule has 14 heteroatoms. The van der Waals surface area contributed by atoms with E-state index in [4.69, 9.17) is 24.5 Å². The number of aromatic nitrogens is 1. The van der Waals surface area contributed by atoms with Crippen molar-refractivity contribution in [3.8, 4) is 5.75 Å². The van der Waals surface area contributed by atoms with Gasteiger partial charge in [-0.3, -0.25) is 14.5 Å². The Morgan fingerprint density at radius 3 is 1.42 bits per heavy atom. The molecule has 1 fully saturated rings. The highest BCUT2D eigenvalue weighted by atomic mass is 32.2. The largest absolute Gasteiger partial charge is 0.497 e. The van der Waals surface area contributed by atoms with Gasteiger partial charge < -0.3 is 24.9 Å². The van der Waals surface area contributed by atoms with Gasteiger partial charge in [0.15, 0.2) is 10.8 Å². The summed E-state index contributed by atoms with van der Waals surface area (Å²) in [6.07, 6.45) is 0.430. The Balaban J connectivity index is 0.912. The summed E-state index contributed by atoms with van der Waals surface area (Å²) in [4.78, 5) is 60.4. The van der Waals surface area contributed by atoms with Crippen LogP contribution in [0.4, 0.5) is 5.13 Å². The number of thioether (sulfide) groups is 1. The van der Waals surface area contributed by atoms with Crippen molar-refractivity contribution in [2.75, 3.05) is 24.3 Å². The van der Waals surface area contributed by atoms with Crippen molar-refractivity contribution < 1.29 is 28.7 Å². The fourth-order valence-electron chi connectivity index (χ4n) is 12.4. The van der Waals surface area contributed by atoms with Gasteiger partial charge in [0, 0.05) is 33.4 Å². The Kier molecular flexibility index (Phi) is 17.7. The van der Waals surface area contributed by atoms with Crippen LogP contribution in [0.3, 0.4) is 0 Å². The number of oxime groups is 1. The van der Waals surface area contributed by atoms with Gasteiger partial charge in [-0.2, -0.15) is 0 Å². The molecule has 0 unspecified atom stereocenters. The molecular formula is C77H63N5O6PS2+. The quantitative estimate of drug-likeness (QED) is 0.0170. The topological polar surface area (TPSA) is 131 Å². The molecule has 10 aromatic carbocycles. The predicted octanol–water partition coefficient (Wildman–Crippen LogP) is 13.7. The molecule has 0 bridgehead atoms. The van der Waals surface area contributed by atoms with Gasteiger partial charge in [0.2, 0.25) is 5.60 Å². The van der Waals surface area contributed by atoms with E-state index in [0.29, 0.717) is 22.8 Å². The average Bonchev–Trinajstić information content (AvgIpc) is 1.07. The summed E-state index contributed by atoms with van der Waals surface area (Å²) >= 11 is 2.81. The van der Waals surface area contributed by atoms with Gasteiger partial charge in [0.25, 0.3) is 11.8 Å². The van der Waals surface area contributed by atoms with Gasteiger partial charge in [0.1, 0.15) is 63.9 Å². The highest BCUT2D eigenvalue weighted by Crippen LogP contribution is 2.58. The summed E-state index contributed by atoms with van der Waals surface area (Å²) in [6.45, 7) is -0.0557. The first-order valence-electron chi connectivity index (χ1n) is 30.0. The van der Waals surface area contributed by atoms with Crippen molar-refractivity contribution in [3.63, 3.8) is 0 Å². The summed E-state index contributed by atoms with van der Waals surface area (Å²) in [5.74, 6) is -0.808. The molecule has 13 rings (SSSR count). The number of carbonyl (C=O) groups excluding carboxylic acids is 3. The summed E-state index contributed by atoms with van der Waals surface area (Å²) in [7, 11) is -1.01. The molecule has 11 nitrogen and oxygen atoms in total. The molecule has 2 aliphatic rings. The smallest absolute Gasteiger partial charge is 0.355 e. The molecule has 0 saturated carbocycles. The molecule has 0 radical (unpaired) electrons.